The van der Waals surface area contributed by atoms with Gasteiger partial charge in [-0.25, -0.2) is 0 Å². The zero-order chi connectivity index (χ0) is 33.6. The Morgan fingerprint density at radius 2 is 1.61 bits per heavy atom. The number of ether oxygens (including phenoxy) is 2. The van der Waals surface area contributed by atoms with Crippen LogP contribution in [0.25, 0.3) is 54.0 Å². The van der Waals surface area contributed by atoms with Gasteiger partial charge in [0.05, 0.1) is 16.9 Å². The van der Waals surface area contributed by atoms with Crippen LogP contribution in [-0.2, 0) is 15.9 Å². The fourth-order valence-corrected chi connectivity index (χ4v) is 10.1. The van der Waals surface area contributed by atoms with Gasteiger partial charge in [0.25, 0.3) is 0 Å². The van der Waals surface area contributed by atoms with E-state index >= 15 is 0 Å². The predicted molar refractivity (Wildman–Crippen MR) is 208 cm³/mol. The summed E-state index contributed by atoms with van der Waals surface area (Å²) in [5.41, 5.74) is 12.6. The molecule has 2 unspecified atom stereocenters. The first-order valence-electron chi connectivity index (χ1n) is 18.5. The van der Waals surface area contributed by atoms with Crippen molar-refractivity contribution in [2.24, 2.45) is 0 Å². The van der Waals surface area contributed by atoms with Crippen LogP contribution < -0.4 is 5.32 Å². The van der Waals surface area contributed by atoms with Crippen molar-refractivity contribution in [3.05, 3.63) is 142 Å². The lowest BCUT2D eigenvalue weighted by atomic mass is 9.93. The quantitative estimate of drug-likeness (QED) is 0.200. The van der Waals surface area contributed by atoms with Gasteiger partial charge in [-0.2, -0.15) is 0 Å². The third-order valence-corrected chi connectivity index (χ3v) is 12.8. The van der Waals surface area contributed by atoms with Crippen LogP contribution in [0.4, 0.5) is 0 Å². The molecule has 0 spiro atoms. The van der Waals surface area contributed by atoms with Crippen LogP contribution in [0.1, 0.15) is 68.0 Å². The molecule has 11 rings (SSSR count). The number of nitrogens with one attached hydrogen (secondary N) is 1. The van der Waals surface area contributed by atoms with Gasteiger partial charge < -0.3 is 24.3 Å². The number of benzene rings is 4. The lowest BCUT2D eigenvalue weighted by Gasteiger charge is -2.27. The smallest absolute Gasteiger partial charge is 0.195 e. The van der Waals surface area contributed by atoms with Crippen molar-refractivity contribution in [1.29, 1.82) is 0 Å². The average molecular weight is 686 g/mol. The second kappa shape index (κ2) is 11.4. The summed E-state index contributed by atoms with van der Waals surface area (Å²) >= 11 is 1.87. The van der Waals surface area contributed by atoms with Crippen molar-refractivity contribution in [2.45, 2.75) is 63.8 Å². The fraction of sp³-hybridized carbons (Fsp3) is 0.244. The SMILES string of the molecule is CN1C2=C(CCC=C2)OC1C1=Cc2c(n(-c3ccc(-c4ccc5sc6ccccc6c5c4)cc3)c3ccc(C4NC5=C(CCCC5)O4)cc23)CC1. The Bertz CT molecular complexity index is 2530. The fourth-order valence-electron chi connectivity index (χ4n) is 9.05. The summed E-state index contributed by atoms with van der Waals surface area (Å²) in [6.45, 7) is 0. The Labute approximate surface area is 301 Å². The summed E-state index contributed by atoms with van der Waals surface area (Å²) in [7, 11) is 2.18. The summed E-state index contributed by atoms with van der Waals surface area (Å²) in [6, 6.07) is 31.8. The molecule has 2 atom stereocenters. The van der Waals surface area contributed by atoms with Gasteiger partial charge in [-0.1, -0.05) is 48.5 Å². The van der Waals surface area contributed by atoms with Crippen LogP contribution in [0.2, 0.25) is 0 Å². The molecule has 0 saturated carbocycles. The van der Waals surface area contributed by atoms with Crippen LogP contribution in [-0.4, -0.2) is 22.7 Å². The normalized spacial score (nSPS) is 21.1. The van der Waals surface area contributed by atoms with Gasteiger partial charge in [-0.3, -0.25) is 0 Å². The predicted octanol–water partition coefficient (Wildman–Crippen LogP) is 11.2. The van der Waals surface area contributed by atoms with Crippen LogP contribution in [0.5, 0.6) is 0 Å². The number of hydrogen-bond acceptors (Lipinski definition) is 5. The molecule has 1 N–H and O–H groups in total. The Morgan fingerprint density at radius 3 is 2.51 bits per heavy atom. The van der Waals surface area contributed by atoms with Crippen molar-refractivity contribution in [2.75, 3.05) is 7.05 Å². The topological polar surface area (TPSA) is 38.7 Å². The van der Waals surface area contributed by atoms with Gasteiger partial charge in [-0.15, -0.1) is 11.3 Å². The standard InChI is InChI=1S/C45H39N3O2S/c1-47-39-10-4-6-12-41(39)50-45(47)30-17-22-38-34(26-30)33-25-29(44-46-36-9-3-5-11-40(36)49-44)16-21-37(33)48(38)31-19-14-27(15-20-31)28-18-23-43-35(24-28)32-8-2-7-13-42(32)51-43/h2,4,7-8,10,13-16,18-21,23-26,44-46H,3,5-6,9,11-12,17,22H2,1H3. The average Bonchev–Trinajstić information content (AvgIpc) is 3.95. The molecular weight excluding hydrogens is 647 g/mol. The van der Waals surface area contributed by atoms with Crippen LogP contribution in [0, 0.1) is 0 Å². The first-order valence-corrected chi connectivity index (χ1v) is 19.3. The monoisotopic (exact) mass is 685 g/mol. The third-order valence-electron chi connectivity index (χ3n) is 11.6. The summed E-state index contributed by atoms with van der Waals surface area (Å²) < 4.78 is 18.3. The molecule has 0 saturated heterocycles. The molecule has 2 aliphatic heterocycles. The van der Waals surface area contributed by atoms with E-state index in [1.165, 1.54) is 94.5 Å². The summed E-state index contributed by atoms with van der Waals surface area (Å²) in [5, 5.41) is 7.66. The van der Waals surface area contributed by atoms with Crippen LogP contribution in [0.15, 0.2) is 126 Å². The molecule has 5 nitrogen and oxygen atoms in total. The minimum atomic E-state index is -0.132. The number of hydrogen-bond donors (Lipinski definition) is 1. The second-order valence-corrected chi connectivity index (χ2v) is 15.7. The number of thiophene rings is 1. The van der Waals surface area contributed by atoms with Crippen molar-refractivity contribution in [3.8, 4) is 16.8 Å². The molecule has 0 amide bonds. The summed E-state index contributed by atoms with van der Waals surface area (Å²) in [5.74, 6) is 2.29. The van der Waals surface area contributed by atoms with Crippen LogP contribution in [0.3, 0.4) is 0 Å². The summed E-state index contributed by atoms with van der Waals surface area (Å²) in [6.07, 6.45) is 15.3. The largest absolute Gasteiger partial charge is 0.469 e. The van der Waals surface area contributed by atoms with Gasteiger partial charge in [0.2, 0.25) is 0 Å². The minimum Gasteiger partial charge on any atom is -0.469 e. The first-order chi connectivity index (χ1) is 25.2. The molecule has 0 bridgehead atoms. The summed E-state index contributed by atoms with van der Waals surface area (Å²) in [4.78, 5) is 2.33. The Morgan fingerprint density at radius 1 is 0.745 bits per heavy atom. The van der Waals surface area contributed by atoms with Gasteiger partial charge in [0.15, 0.2) is 12.5 Å². The Kier molecular flexibility index (Phi) is 6.60. The van der Waals surface area contributed by atoms with E-state index in [1.54, 1.807) is 0 Å². The third kappa shape index (κ3) is 4.65. The maximum absolute atomic E-state index is 6.64. The van der Waals surface area contributed by atoms with Crippen molar-refractivity contribution >= 4 is 48.5 Å². The lowest BCUT2D eigenvalue weighted by Crippen LogP contribution is -2.29. The Hall–Kier alpha value is -5.20. The zero-order valence-electron chi connectivity index (χ0n) is 28.7. The molecule has 252 valence electrons. The molecule has 2 aromatic heterocycles. The molecule has 5 aliphatic rings. The molecular formula is C45H39N3O2S. The van der Waals surface area contributed by atoms with Crippen molar-refractivity contribution in [3.63, 3.8) is 0 Å². The molecule has 4 aromatic carbocycles. The lowest BCUT2D eigenvalue weighted by molar-refractivity contribution is 0.0816. The van der Waals surface area contributed by atoms with Gasteiger partial charge in [0, 0.05) is 68.0 Å². The van der Waals surface area contributed by atoms with Crippen molar-refractivity contribution < 1.29 is 9.47 Å². The first kappa shape index (κ1) is 29.5. The van der Waals surface area contributed by atoms with Gasteiger partial charge in [-0.05, 0) is 110 Å². The minimum absolute atomic E-state index is 0.0554. The molecule has 6 aromatic rings. The molecule has 3 aliphatic carbocycles. The highest BCUT2D eigenvalue weighted by Crippen LogP contribution is 2.43. The molecule has 0 radical (unpaired) electrons. The molecule has 51 heavy (non-hydrogen) atoms. The number of rotatable bonds is 4. The number of aromatic nitrogens is 1. The van der Waals surface area contributed by atoms with E-state index in [0.29, 0.717) is 0 Å². The van der Waals surface area contributed by atoms with E-state index in [0.717, 1.165) is 50.0 Å². The van der Waals surface area contributed by atoms with Crippen molar-refractivity contribution in [1.82, 2.24) is 14.8 Å². The maximum atomic E-state index is 6.64. The van der Waals surface area contributed by atoms with Crippen LogP contribution >= 0.6 is 11.3 Å². The van der Waals surface area contributed by atoms with E-state index in [9.17, 15) is 0 Å². The second-order valence-electron chi connectivity index (χ2n) is 14.6. The van der Waals surface area contributed by atoms with E-state index < -0.39 is 0 Å². The van der Waals surface area contributed by atoms with Gasteiger partial charge >= 0.3 is 0 Å². The number of allylic oxidation sites excluding steroid dienone is 5. The molecule has 6 heteroatoms. The number of likely N-dealkylation sites (N-methyl/N-ethyl adjacent to an activating group) is 1. The Balaban J connectivity index is 0.996. The molecule has 0 fully saturated rings. The van der Waals surface area contributed by atoms with E-state index in [4.69, 9.17) is 9.47 Å². The molecule has 4 heterocycles. The maximum Gasteiger partial charge on any atom is 0.195 e. The van der Waals surface area contributed by atoms with Gasteiger partial charge in [0.1, 0.15) is 11.5 Å². The number of fused-ring (bicyclic) bond motifs is 6. The zero-order valence-corrected chi connectivity index (χ0v) is 29.6. The highest BCUT2D eigenvalue weighted by Gasteiger charge is 2.35. The van der Waals surface area contributed by atoms with E-state index in [2.05, 4.69) is 125 Å². The highest BCUT2D eigenvalue weighted by atomic mass is 32.1. The van der Waals surface area contributed by atoms with E-state index in [-0.39, 0.29) is 12.5 Å². The number of nitrogens with zero attached hydrogens (tertiary/aromatic N) is 2. The highest BCUT2D eigenvalue weighted by molar-refractivity contribution is 7.25. The van der Waals surface area contributed by atoms with E-state index in [1.807, 2.05) is 11.3 Å².